The second-order valence-corrected chi connectivity index (χ2v) is 6.74. The Morgan fingerprint density at radius 2 is 1.81 bits per heavy atom. The number of rotatable bonds is 6. The molecule has 0 aromatic rings. The Morgan fingerprint density at radius 1 is 1.14 bits per heavy atom. The predicted octanol–water partition coefficient (Wildman–Crippen LogP) is 1.46. The van der Waals surface area contributed by atoms with Crippen molar-refractivity contribution in [2.45, 2.75) is 70.0 Å². The van der Waals surface area contributed by atoms with Crippen molar-refractivity contribution in [3.63, 3.8) is 0 Å². The minimum atomic E-state index is -0.275. The molecule has 3 rings (SSSR count). The third-order valence-electron chi connectivity index (χ3n) is 4.95. The van der Waals surface area contributed by atoms with Gasteiger partial charge in [0.1, 0.15) is 6.54 Å². The number of hydrogen-bond donors (Lipinski definition) is 1. The quantitative estimate of drug-likeness (QED) is 0.754. The summed E-state index contributed by atoms with van der Waals surface area (Å²) in [5.74, 6) is 0.361. The monoisotopic (exact) mass is 294 g/mol. The number of esters is 1. The Labute approximate surface area is 126 Å². The van der Waals surface area contributed by atoms with Crippen LogP contribution in [0, 0.1) is 5.92 Å². The van der Waals surface area contributed by atoms with Crippen LogP contribution < -0.4 is 5.32 Å². The van der Waals surface area contributed by atoms with Crippen molar-refractivity contribution in [3.05, 3.63) is 0 Å². The number of nitrogens with one attached hydrogen (secondary N) is 1. The number of nitrogens with zero attached hydrogens (tertiary/aromatic N) is 1. The molecule has 2 bridgehead atoms. The van der Waals surface area contributed by atoms with Gasteiger partial charge < -0.3 is 15.0 Å². The Balaban J connectivity index is 1.53. The van der Waals surface area contributed by atoms with Crippen molar-refractivity contribution < 1.29 is 14.3 Å². The molecule has 0 aromatic heterocycles. The third kappa shape index (κ3) is 3.76. The van der Waals surface area contributed by atoms with E-state index in [1.54, 1.807) is 11.8 Å². The summed E-state index contributed by atoms with van der Waals surface area (Å²) in [5, 5.41) is 3.61. The molecule has 1 aliphatic carbocycles. The van der Waals surface area contributed by atoms with Gasteiger partial charge in [0.25, 0.3) is 0 Å². The standard InChI is InChI=1S/C16H26N2O3/c1-2-21-16(20)10-18(14-5-6-14)15(19)9-11-7-12-3-4-13(8-11)17-12/h11-14,17H,2-10H2,1H3. The highest BCUT2D eigenvalue weighted by molar-refractivity contribution is 5.82. The Kier molecular flexibility index (Phi) is 4.48. The van der Waals surface area contributed by atoms with E-state index in [1.807, 2.05) is 0 Å². The zero-order chi connectivity index (χ0) is 14.8. The molecule has 1 amide bonds. The van der Waals surface area contributed by atoms with Gasteiger partial charge in [-0.3, -0.25) is 9.59 Å². The van der Waals surface area contributed by atoms with Crippen LogP contribution in [0.4, 0.5) is 0 Å². The molecule has 0 aromatic carbocycles. The smallest absolute Gasteiger partial charge is 0.325 e. The molecule has 2 unspecified atom stereocenters. The van der Waals surface area contributed by atoms with Crippen LogP contribution in [0.25, 0.3) is 0 Å². The van der Waals surface area contributed by atoms with E-state index in [1.165, 1.54) is 12.8 Å². The van der Waals surface area contributed by atoms with Crippen LogP contribution in [0.2, 0.25) is 0 Å². The van der Waals surface area contributed by atoms with Crippen LogP contribution in [-0.4, -0.2) is 48.1 Å². The second kappa shape index (κ2) is 6.34. The number of fused-ring (bicyclic) bond motifs is 2. The van der Waals surface area contributed by atoms with Crippen LogP contribution in [0.3, 0.4) is 0 Å². The van der Waals surface area contributed by atoms with E-state index in [-0.39, 0.29) is 24.5 Å². The topological polar surface area (TPSA) is 58.6 Å². The molecule has 5 heteroatoms. The summed E-state index contributed by atoms with van der Waals surface area (Å²) in [6, 6.07) is 1.50. The number of piperidine rings is 1. The summed E-state index contributed by atoms with van der Waals surface area (Å²) in [6.07, 6.45) is 7.39. The molecular formula is C16H26N2O3. The molecule has 3 fully saturated rings. The zero-order valence-corrected chi connectivity index (χ0v) is 12.8. The molecule has 5 nitrogen and oxygen atoms in total. The predicted molar refractivity (Wildman–Crippen MR) is 78.7 cm³/mol. The fraction of sp³-hybridized carbons (Fsp3) is 0.875. The SMILES string of the molecule is CCOC(=O)CN(C(=O)CC1CC2CCC(C1)N2)C1CC1. The molecule has 2 aliphatic heterocycles. The maximum absolute atomic E-state index is 12.6. The normalized spacial score (nSPS) is 31.0. The highest BCUT2D eigenvalue weighted by atomic mass is 16.5. The molecule has 1 saturated carbocycles. The third-order valence-corrected chi connectivity index (χ3v) is 4.95. The number of amides is 1. The van der Waals surface area contributed by atoms with Crippen molar-refractivity contribution in [1.82, 2.24) is 10.2 Å². The Bertz CT molecular complexity index is 396. The van der Waals surface area contributed by atoms with Gasteiger partial charge in [-0.2, -0.15) is 0 Å². The first-order chi connectivity index (χ1) is 10.2. The Hall–Kier alpha value is -1.10. The lowest BCUT2D eigenvalue weighted by Crippen LogP contribution is -2.42. The number of ether oxygens (including phenoxy) is 1. The first-order valence-corrected chi connectivity index (χ1v) is 8.36. The lowest BCUT2D eigenvalue weighted by Gasteiger charge is -2.30. The number of carbonyl (C=O) groups excluding carboxylic acids is 2. The lowest BCUT2D eigenvalue weighted by atomic mass is 9.89. The van der Waals surface area contributed by atoms with Gasteiger partial charge in [0.2, 0.25) is 5.91 Å². The van der Waals surface area contributed by atoms with E-state index >= 15 is 0 Å². The largest absolute Gasteiger partial charge is 0.465 e. The van der Waals surface area contributed by atoms with Gasteiger partial charge in [-0.15, -0.1) is 0 Å². The average molecular weight is 294 g/mol. The molecule has 21 heavy (non-hydrogen) atoms. The van der Waals surface area contributed by atoms with Crippen molar-refractivity contribution in [2.24, 2.45) is 5.92 Å². The van der Waals surface area contributed by atoms with Crippen molar-refractivity contribution in [2.75, 3.05) is 13.2 Å². The maximum atomic E-state index is 12.6. The van der Waals surface area contributed by atoms with Crippen molar-refractivity contribution >= 4 is 11.9 Å². The van der Waals surface area contributed by atoms with Gasteiger partial charge in [0.05, 0.1) is 6.61 Å². The highest BCUT2D eigenvalue weighted by Gasteiger charge is 2.38. The van der Waals surface area contributed by atoms with Crippen molar-refractivity contribution in [1.29, 1.82) is 0 Å². The van der Waals surface area contributed by atoms with E-state index in [0.717, 1.165) is 25.7 Å². The van der Waals surface area contributed by atoms with Gasteiger partial charge in [-0.05, 0) is 51.4 Å². The van der Waals surface area contributed by atoms with Crippen molar-refractivity contribution in [3.8, 4) is 0 Å². The van der Waals surface area contributed by atoms with E-state index in [4.69, 9.17) is 4.74 Å². The average Bonchev–Trinajstić information content (AvgIpc) is 3.22. The Morgan fingerprint density at radius 3 is 2.38 bits per heavy atom. The first kappa shape index (κ1) is 14.8. The molecule has 0 radical (unpaired) electrons. The lowest BCUT2D eigenvalue weighted by molar-refractivity contribution is -0.149. The van der Waals surface area contributed by atoms with E-state index in [2.05, 4.69) is 5.32 Å². The molecule has 118 valence electrons. The summed E-state index contributed by atoms with van der Waals surface area (Å²) in [7, 11) is 0. The fourth-order valence-electron chi connectivity index (χ4n) is 3.86. The minimum absolute atomic E-state index is 0.134. The van der Waals surface area contributed by atoms with Crippen LogP contribution in [-0.2, 0) is 14.3 Å². The van der Waals surface area contributed by atoms with E-state index < -0.39 is 0 Å². The zero-order valence-electron chi connectivity index (χ0n) is 12.8. The molecule has 2 saturated heterocycles. The van der Waals surface area contributed by atoms with Gasteiger partial charge >= 0.3 is 5.97 Å². The van der Waals surface area contributed by atoms with Crippen LogP contribution >= 0.6 is 0 Å². The van der Waals surface area contributed by atoms with Crippen LogP contribution in [0.15, 0.2) is 0 Å². The molecule has 2 heterocycles. The highest BCUT2D eigenvalue weighted by Crippen LogP contribution is 2.34. The maximum Gasteiger partial charge on any atom is 0.325 e. The first-order valence-electron chi connectivity index (χ1n) is 8.36. The van der Waals surface area contributed by atoms with E-state index in [0.29, 0.717) is 31.0 Å². The van der Waals surface area contributed by atoms with Gasteiger partial charge in [0, 0.05) is 24.5 Å². The molecule has 2 atom stereocenters. The summed E-state index contributed by atoms with van der Waals surface area (Å²) >= 11 is 0. The van der Waals surface area contributed by atoms with Gasteiger partial charge in [-0.25, -0.2) is 0 Å². The van der Waals surface area contributed by atoms with E-state index in [9.17, 15) is 9.59 Å². The van der Waals surface area contributed by atoms with Gasteiger partial charge in [0.15, 0.2) is 0 Å². The summed E-state index contributed by atoms with van der Waals surface area (Å²) < 4.78 is 4.99. The van der Waals surface area contributed by atoms with Crippen LogP contribution in [0.1, 0.15) is 51.9 Å². The summed E-state index contributed by atoms with van der Waals surface area (Å²) in [6.45, 7) is 2.31. The van der Waals surface area contributed by atoms with Crippen LogP contribution in [0.5, 0.6) is 0 Å². The minimum Gasteiger partial charge on any atom is -0.465 e. The number of hydrogen-bond acceptors (Lipinski definition) is 4. The number of carbonyl (C=O) groups is 2. The fourth-order valence-corrected chi connectivity index (χ4v) is 3.86. The molecule has 1 N–H and O–H groups in total. The summed E-state index contributed by atoms with van der Waals surface area (Å²) in [4.78, 5) is 26.0. The molecular weight excluding hydrogens is 268 g/mol. The molecule has 0 spiro atoms. The summed E-state index contributed by atoms with van der Waals surface area (Å²) in [5.41, 5.74) is 0. The van der Waals surface area contributed by atoms with Gasteiger partial charge in [-0.1, -0.05) is 0 Å². The molecule has 3 aliphatic rings. The second-order valence-electron chi connectivity index (χ2n) is 6.74.